The molecule has 0 saturated carbocycles. The number of likely N-dealkylation sites (N-methyl/N-ethyl adjacent to an activating group) is 1. The molecule has 22 heavy (non-hydrogen) atoms. The molecule has 6 heteroatoms. The highest BCUT2D eigenvalue weighted by atomic mass is 16.5. The lowest BCUT2D eigenvalue weighted by molar-refractivity contribution is -0.139. The molecule has 0 aliphatic carbocycles. The molecular weight excluding hydrogens is 284 g/mol. The molecule has 1 aliphatic rings. The molecule has 1 aromatic carbocycles. The SMILES string of the molecule is COC(=O)c1ccc(OCCN2CCN(C)C(=O)C2C)cc1. The number of hydrogen-bond acceptors (Lipinski definition) is 5. The monoisotopic (exact) mass is 306 g/mol. The summed E-state index contributed by atoms with van der Waals surface area (Å²) >= 11 is 0. The van der Waals surface area contributed by atoms with Crippen molar-refractivity contribution in [1.82, 2.24) is 9.80 Å². The van der Waals surface area contributed by atoms with E-state index in [1.807, 2.05) is 14.0 Å². The highest BCUT2D eigenvalue weighted by Gasteiger charge is 2.28. The van der Waals surface area contributed by atoms with Gasteiger partial charge in [-0.05, 0) is 31.2 Å². The van der Waals surface area contributed by atoms with E-state index in [2.05, 4.69) is 9.64 Å². The molecule has 1 unspecified atom stereocenters. The molecule has 0 radical (unpaired) electrons. The Labute approximate surface area is 130 Å². The summed E-state index contributed by atoms with van der Waals surface area (Å²) in [6.45, 7) is 4.71. The first-order valence-electron chi connectivity index (χ1n) is 7.33. The van der Waals surface area contributed by atoms with Crippen molar-refractivity contribution in [1.29, 1.82) is 0 Å². The van der Waals surface area contributed by atoms with Crippen LogP contribution in [0, 0.1) is 0 Å². The van der Waals surface area contributed by atoms with E-state index in [0.29, 0.717) is 24.5 Å². The molecular formula is C16H22N2O4. The Morgan fingerprint density at radius 2 is 1.95 bits per heavy atom. The number of benzene rings is 1. The fourth-order valence-corrected chi connectivity index (χ4v) is 2.45. The standard InChI is InChI=1S/C16H22N2O4/c1-12-15(19)17(2)8-9-18(12)10-11-22-14-6-4-13(5-7-14)16(20)21-3/h4-7,12H,8-11H2,1-3H3. The van der Waals surface area contributed by atoms with Gasteiger partial charge < -0.3 is 14.4 Å². The Bertz CT molecular complexity index is 529. The molecule has 0 bridgehead atoms. The Hall–Kier alpha value is -2.08. The number of nitrogens with zero attached hydrogens (tertiary/aromatic N) is 2. The summed E-state index contributed by atoms with van der Waals surface area (Å²) in [4.78, 5) is 27.1. The minimum Gasteiger partial charge on any atom is -0.492 e. The highest BCUT2D eigenvalue weighted by molar-refractivity contribution is 5.89. The fourth-order valence-electron chi connectivity index (χ4n) is 2.45. The number of rotatable bonds is 5. The van der Waals surface area contributed by atoms with E-state index in [4.69, 9.17) is 4.74 Å². The number of carbonyl (C=O) groups excluding carboxylic acids is 2. The van der Waals surface area contributed by atoms with Crippen molar-refractivity contribution in [2.24, 2.45) is 0 Å². The van der Waals surface area contributed by atoms with Gasteiger partial charge in [-0.25, -0.2) is 4.79 Å². The van der Waals surface area contributed by atoms with Crippen molar-refractivity contribution in [2.75, 3.05) is 40.4 Å². The van der Waals surface area contributed by atoms with Gasteiger partial charge in [-0.3, -0.25) is 9.69 Å². The number of piperazine rings is 1. The maximum atomic E-state index is 11.9. The van der Waals surface area contributed by atoms with Crippen LogP contribution >= 0.6 is 0 Å². The fraction of sp³-hybridized carbons (Fsp3) is 0.500. The first kappa shape index (κ1) is 16.3. The largest absolute Gasteiger partial charge is 0.492 e. The van der Waals surface area contributed by atoms with Crippen molar-refractivity contribution in [3.8, 4) is 5.75 Å². The minimum absolute atomic E-state index is 0.107. The van der Waals surface area contributed by atoms with Crippen molar-refractivity contribution in [3.05, 3.63) is 29.8 Å². The molecule has 1 saturated heterocycles. The summed E-state index contributed by atoms with van der Waals surface area (Å²) < 4.78 is 10.3. The molecule has 0 aromatic heterocycles. The van der Waals surface area contributed by atoms with Crippen LogP contribution in [0.1, 0.15) is 17.3 Å². The highest BCUT2D eigenvalue weighted by Crippen LogP contribution is 2.14. The molecule has 120 valence electrons. The maximum absolute atomic E-state index is 11.9. The van der Waals surface area contributed by atoms with Gasteiger partial charge in [0.05, 0.1) is 18.7 Å². The van der Waals surface area contributed by atoms with Gasteiger partial charge in [-0.15, -0.1) is 0 Å². The summed E-state index contributed by atoms with van der Waals surface area (Å²) in [6, 6.07) is 6.71. The Kier molecular flexibility index (Phi) is 5.38. The van der Waals surface area contributed by atoms with Crippen LogP contribution in [0.2, 0.25) is 0 Å². The Balaban J connectivity index is 1.81. The number of esters is 1. The molecule has 2 rings (SSSR count). The summed E-state index contributed by atoms with van der Waals surface area (Å²) in [5.74, 6) is 0.478. The van der Waals surface area contributed by atoms with E-state index in [0.717, 1.165) is 13.1 Å². The normalized spacial score (nSPS) is 19.1. The molecule has 1 heterocycles. The Morgan fingerprint density at radius 1 is 1.27 bits per heavy atom. The molecule has 1 fully saturated rings. The molecule has 1 aliphatic heterocycles. The zero-order chi connectivity index (χ0) is 16.1. The van der Waals surface area contributed by atoms with Gasteiger partial charge in [0, 0.05) is 26.7 Å². The number of methoxy groups -OCH3 is 1. The second kappa shape index (κ2) is 7.26. The minimum atomic E-state index is -0.365. The van der Waals surface area contributed by atoms with Gasteiger partial charge in [0.2, 0.25) is 5.91 Å². The zero-order valence-corrected chi connectivity index (χ0v) is 13.2. The number of amides is 1. The topological polar surface area (TPSA) is 59.1 Å². The lowest BCUT2D eigenvalue weighted by atomic mass is 10.2. The lowest BCUT2D eigenvalue weighted by Gasteiger charge is -2.37. The van der Waals surface area contributed by atoms with Crippen LogP contribution in [0.4, 0.5) is 0 Å². The summed E-state index contributed by atoms with van der Waals surface area (Å²) in [5.41, 5.74) is 0.494. The average molecular weight is 306 g/mol. The zero-order valence-electron chi connectivity index (χ0n) is 13.2. The molecule has 1 atom stereocenters. The quantitative estimate of drug-likeness (QED) is 0.760. The second-order valence-corrected chi connectivity index (χ2v) is 5.34. The van der Waals surface area contributed by atoms with E-state index < -0.39 is 0 Å². The summed E-state index contributed by atoms with van der Waals surface area (Å²) in [5, 5.41) is 0. The molecule has 0 spiro atoms. The third-order valence-corrected chi connectivity index (χ3v) is 3.93. The molecule has 0 N–H and O–H groups in total. The predicted octanol–water partition coefficient (Wildman–Crippen LogP) is 1.01. The van der Waals surface area contributed by atoms with Crippen LogP contribution in [0.5, 0.6) is 5.75 Å². The van der Waals surface area contributed by atoms with Crippen LogP contribution in [0.15, 0.2) is 24.3 Å². The first-order valence-corrected chi connectivity index (χ1v) is 7.33. The van der Waals surface area contributed by atoms with Crippen molar-refractivity contribution in [3.63, 3.8) is 0 Å². The summed E-state index contributed by atoms with van der Waals surface area (Å²) in [6.07, 6.45) is 0. The van der Waals surface area contributed by atoms with E-state index in [1.165, 1.54) is 7.11 Å². The second-order valence-electron chi connectivity index (χ2n) is 5.34. The van der Waals surface area contributed by atoms with Gasteiger partial charge in [0.15, 0.2) is 0 Å². The van der Waals surface area contributed by atoms with Gasteiger partial charge >= 0.3 is 5.97 Å². The Morgan fingerprint density at radius 3 is 2.59 bits per heavy atom. The van der Waals surface area contributed by atoms with E-state index >= 15 is 0 Å². The first-order chi connectivity index (χ1) is 10.5. The predicted molar refractivity (Wildman–Crippen MR) is 81.9 cm³/mol. The molecule has 1 aromatic rings. The maximum Gasteiger partial charge on any atom is 0.337 e. The van der Waals surface area contributed by atoms with Gasteiger partial charge in [0.1, 0.15) is 12.4 Å². The number of ether oxygens (including phenoxy) is 2. The van der Waals surface area contributed by atoms with Crippen LogP contribution < -0.4 is 4.74 Å². The van der Waals surface area contributed by atoms with Crippen molar-refractivity contribution in [2.45, 2.75) is 13.0 Å². The van der Waals surface area contributed by atoms with Gasteiger partial charge in [-0.1, -0.05) is 0 Å². The number of hydrogen-bond donors (Lipinski definition) is 0. The van der Waals surface area contributed by atoms with Crippen LogP contribution in [-0.4, -0.2) is 68.1 Å². The molecule has 1 amide bonds. The van der Waals surface area contributed by atoms with E-state index in [-0.39, 0.29) is 17.9 Å². The van der Waals surface area contributed by atoms with Crippen LogP contribution in [0.25, 0.3) is 0 Å². The van der Waals surface area contributed by atoms with E-state index in [9.17, 15) is 9.59 Å². The van der Waals surface area contributed by atoms with Gasteiger partial charge in [0.25, 0.3) is 0 Å². The van der Waals surface area contributed by atoms with Crippen molar-refractivity contribution >= 4 is 11.9 Å². The van der Waals surface area contributed by atoms with Crippen LogP contribution in [0.3, 0.4) is 0 Å². The van der Waals surface area contributed by atoms with Gasteiger partial charge in [-0.2, -0.15) is 0 Å². The number of carbonyl (C=O) groups is 2. The van der Waals surface area contributed by atoms with E-state index in [1.54, 1.807) is 29.2 Å². The van der Waals surface area contributed by atoms with Crippen molar-refractivity contribution < 1.29 is 19.1 Å². The summed E-state index contributed by atoms with van der Waals surface area (Å²) in [7, 11) is 3.18. The third kappa shape index (κ3) is 3.76. The smallest absolute Gasteiger partial charge is 0.337 e. The third-order valence-electron chi connectivity index (χ3n) is 3.93. The average Bonchev–Trinajstić information content (AvgIpc) is 2.54. The molecule has 6 nitrogen and oxygen atoms in total. The lowest BCUT2D eigenvalue weighted by Crippen LogP contribution is -2.55. The van der Waals surface area contributed by atoms with Crippen LogP contribution in [-0.2, 0) is 9.53 Å².